The molecule has 3 aromatic carbocycles. The van der Waals surface area contributed by atoms with E-state index >= 15 is 0 Å². The lowest BCUT2D eigenvalue weighted by Gasteiger charge is -2.28. The van der Waals surface area contributed by atoms with Crippen LogP contribution in [0.2, 0.25) is 0 Å². The number of hydrogen-bond donors (Lipinski definition) is 1. The first-order valence-corrected chi connectivity index (χ1v) is 11.3. The Labute approximate surface area is 175 Å². The van der Waals surface area contributed by atoms with Crippen LogP contribution >= 0.6 is 0 Å². The molecule has 0 unspecified atom stereocenters. The van der Waals surface area contributed by atoms with Crippen LogP contribution in [0, 0.1) is 5.82 Å². The summed E-state index contributed by atoms with van der Waals surface area (Å²) in [5, 5.41) is 4.71. The summed E-state index contributed by atoms with van der Waals surface area (Å²) < 4.78 is 44.4. The molecule has 1 N–H and O–H groups in total. The van der Waals surface area contributed by atoms with Gasteiger partial charge in [-0.1, -0.05) is 36.4 Å². The Balaban J connectivity index is 1.62. The van der Waals surface area contributed by atoms with Gasteiger partial charge in [-0.25, -0.2) is 12.8 Å². The fourth-order valence-corrected chi connectivity index (χ4v) is 4.38. The highest BCUT2D eigenvalue weighted by Gasteiger charge is 2.28. The Bertz CT molecular complexity index is 1130. The molecule has 0 aliphatic heterocycles. The molecule has 0 saturated heterocycles. The number of amides is 1. The largest absolute Gasteiger partial charge is 0.491 e. The molecule has 0 radical (unpaired) electrons. The predicted molar refractivity (Wildman–Crippen MR) is 116 cm³/mol. The van der Waals surface area contributed by atoms with Gasteiger partial charge < -0.3 is 10.1 Å². The van der Waals surface area contributed by atoms with Crippen molar-refractivity contribution in [2.45, 2.75) is 13.0 Å². The summed E-state index contributed by atoms with van der Waals surface area (Å²) in [6, 6.07) is 17.5. The van der Waals surface area contributed by atoms with Crippen molar-refractivity contribution in [2.24, 2.45) is 0 Å². The molecule has 0 saturated carbocycles. The minimum Gasteiger partial charge on any atom is -0.491 e. The topological polar surface area (TPSA) is 75.7 Å². The summed E-state index contributed by atoms with van der Waals surface area (Å²) in [7, 11) is -3.75. The molecular weight excluding hydrogens is 407 g/mol. The Morgan fingerprint density at radius 3 is 2.43 bits per heavy atom. The Hall–Kier alpha value is -3.13. The van der Waals surface area contributed by atoms with E-state index in [9.17, 15) is 17.6 Å². The van der Waals surface area contributed by atoms with Gasteiger partial charge in [0, 0.05) is 5.39 Å². The number of ether oxygens (including phenoxy) is 1. The van der Waals surface area contributed by atoms with Crippen LogP contribution in [0.3, 0.4) is 0 Å². The summed E-state index contributed by atoms with van der Waals surface area (Å²) in [6.45, 7) is 1.90. The van der Waals surface area contributed by atoms with E-state index in [1.165, 1.54) is 19.1 Å². The molecule has 0 aliphatic carbocycles. The van der Waals surface area contributed by atoms with Gasteiger partial charge in [0.05, 0.1) is 18.5 Å². The molecule has 6 nitrogen and oxygen atoms in total. The molecule has 1 amide bonds. The fraction of sp³-hybridized carbons (Fsp3) is 0.227. The second-order valence-corrected chi connectivity index (χ2v) is 8.69. The molecule has 158 valence electrons. The van der Waals surface area contributed by atoms with E-state index < -0.39 is 27.8 Å². The lowest BCUT2D eigenvalue weighted by Crippen LogP contribution is -2.48. The highest BCUT2D eigenvalue weighted by Crippen LogP contribution is 2.25. The Morgan fingerprint density at radius 2 is 1.73 bits per heavy atom. The highest BCUT2D eigenvalue weighted by molar-refractivity contribution is 7.92. The van der Waals surface area contributed by atoms with Crippen LogP contribution in [-0.2, 0) is 14.8 Å². The van der Waals surface area contributed by atoms with E-state index in [4.69, 9.17) is 4.74 Å². The van der Waals surface area contributed by atoms with Gasteiger partial charge in [0.25, 0.3) is 0 Å². The number of benzene rings is 3. The van der Waals surface area contributed by atoms with Crippen molar-refractivity contribution in [3.63, 3.8) is 0 Å². The zero-order chi connectivity index (χ0) is 21.7. The van der Waals surface area contributed by atoms with Gasteiger partial charge in [0.1, 0.15) is 24.2 Å². The third kappa shape index (κ3) is 5.07. The Morgan fingerprint density at radius 1 is 1.07 bits per heavy atom. The van der Waals surface area contributed by atoms with E-state index in [-0.39, 0.29) is 18.8 Å². The SMILES string of the molecule is C[C@H](C(=O)NCCOc1cccc2ccccc12)N(c1ccc(F)cc1)S(C)(=O)=O. The van der Waals surface area contributed by atoms with E-state index in [2.05, 4.69) is 5.32 Å². The maximum Gasteiger partial charge on any atom is 0.243 e. The number of sulfonamides is 1. The van der Waals surface area contributed by atoms with Crippen molar-refractivity contribution in [3.05, 3.63) is 72.5 Å². The average Bonchev–Trinajstić information content (AvgIpc) is 2.71. The first-order chi connectivity index (χ1) is 14.3. The van der Waals surface area contributed by atoms with Gasteiger partial charge in [0.15, 0.2) is 0 Å². The standard InChI is InChI=1S/C22H23FN2O4S/c1-16(25(30(2,27)28)19-12-10-18(23)11-13-19)22(26)24-14-15-29-21-9-5-7-17-6-3-4-8-20(17)21/h3-13,16H,14-15H2,1-2H3,(H,24,26)/t16-/m1/s1. The maximum absolute atomic E-state index is 13.2. The van der Waals surface area contributed by atoms with Gasteiger partial charge >= 0.3 is 0 Å². The first kappa shape index (κ1) is 21.6. The van der Waals surface area contributed by atoms with Crippen LogP contribution in [-0.4, -0.2) is 39.8 Å². The van der Waals surface area contributed by atoms with E-state index in [0.29, 0.717) is 5.75 Å². The molecule has 1 atom stereocenters. The number of halogens is 1. The normalized spacial score (nSPS) is 12.4. The molecule has 3 rings (SSSR count). The third-order valence-electron chi connectivity index (χ3n) is 4.58. The zero-order valence-corrected chi connectivity index (χ0v) is 17.5. The quantitative estimate of drug-likeness (QED) is 0.556. The summed E-state index contributed by atoms with van der Waals surface area (Å²) in [4.78, 5) is 12.5. The van der Waals surface area contributed by atoms with Gasteiger partial charge in [-0.2, -0.15) is 0 Å². The molecule has 0 aromatic heterocycles. The van der Waals surface area contributed by atoms with E-state index in [1.807, 2.05) is 42.5 Å². The monoisotopic (exact) mass is 430 g/mol. The summed E-state index contributed by atoms with van der Waals surface area (Å²) in [5.41, 5.74) is 0.216. The zero-order valence-electron chi connectivity index (χ0n) is 16.7. The van der Waals surface area contributed by atoms with E-state index in [1.54, 1.807) is 0 Å². The lowest BCUT2D eigenvalue weighted by atomic mass is 10.1. The van der Waals surface area contributed by atoms with Gasteiger partial charge in [-0.3, -0.25) is 9.10 Å². The van der Waals surface area contributed by atoms with Crippen LogP contribution in [0.4, 0.5) is 10.1 Å². The molecular formula is C22H23FN2O4S. The molecule has 30 heavy (non-hydrogen) atoms. The number of carbonyl (C=O) groups is 1. The molecule has 0 aliphatic rings. The minimum atomic E-state index is -3.75. The second kappa shape index (κ2) is 9.13. The van der Waals surface area contributed by atoms with Crippen molar-refractivity contribution >= 4 is 32.4 Å². The second-order valence-electron chi connectivity index (χ2n) is 6.83. The van der Waals surface area contributed by atoms with Crippen LogP contribution in [0.15, 0.2) is 66.7 Å². The fourth-order valence-electron chi connectivity index (χ4n) is 3.20. The molecule has 0 spiro atoms. The van der Waals surface area contributed by atoms with Gasteiger partial charge in [-0.05, 0) is 42.6 Å². The van der Waals surface area contributed by atoms with Crippen LogP contribution in [0.25, 0.3) is 10.8 Å². The highest BCUT2D eigenvalue weighted by atomic mass is 32.2. The molecule has 8 heteroatoms. The Kier molecular flexibility index (Phi) is 6.56. The number of anilines is 1. The molecule has 0 heterocycles. The van der Waals surface area contributed by atoms with Gasteiger partial charge in [-0.15, -0.1) is 0 Å². The summed E-state index contributed by atoms with van der Waals surface area (Å²) in [6.07, 6.45) is 1.00. The number of fused-ring (bicyclic) bond motifs is 1. The summed E-state index contributed by atoms with van der Waals surface area (Å²) >= 11 is 0. The van der Waals surface area contributed by atoms with Crippen molar-refractivity contribution in [1.82, 2.24) is 5.32 Å². The predicted octanol–water partition coefficient (Wildman–Crippen LogP) is 3.33. The van der Waals surface area contributed by atoms with Crippen molar-refractivity contribution < 1.29 is 22.3 Å². The molecule has 0 fully saturated rings. The van der Waals surface area contributed by atoms with E-state index in [0.717, 1.165) is 33.5 Å². The number of nitrogens with zero attached hydrogens (tertiary/aromatic N) is 1. The molecule has 0 bridgehead atoms. The van der Waals surface area contributed by atoms with Crippen molar-refractivity contribution in [3.8, 4) is 5.75 Å². The number of rotatable bonds is 8. The number of carbonyl (C=O) groups excluding carboxylic acids is 1. The molecule has 3 aromatic rings. The first-order valence-electron chi connectivity index (χ1n) is 9.40. The van der Waals surface area contributed by atoms with Crippen LogP contribution in [0.1, 0.15) is 6.92 Å². The van der Waals surface area contributed by atoms with Crippen LogP contribution in [0.5, 0.6) is 5.75 Å². The van der Waals surface area contributed by atoms with Crippen LogP contribution < -0.4 is 14.4 Å². The number of nitrogens with one attached hydrogen (secondary N) is 1. The van der Waals surface area contributed by atoms with Crippen molar-refractivity contribution in [2.75, 3.05) is 23.7 Å². The maximum atomic E-state index is 13.2. The lowest BCUT2D eigenvalue weighted by molar-refractivity contribution is -0.121. The minimum absolute atomic E-state index is 0.202. The number of hydrogen-bond acceptors (Lipinski definition) is 4. The smallest absolute Gasteiger partial charge is 0.243 e. The average molecular weight is 431 g/mol. The summed E-state index contributed by atoms with van der Waals surface area (Å²) in [5.74, 6) is -0.263. The van der Waals surface area contributed by atoms with Gasteiger partial charge in [0.2, 0.25) is 15.9 Å². The third-order valence-corrected chi connectivity index (χ3v) is 5.82. The van der Waals surface area contributed by atoms with Crippen molar-refractivity contribution in [1.29, 1.82) is 0 Å².